The van der Waals surface area contributed by atoms with Crippen LogP contribution >= 0.6 is 0 Å². The molecule has 0 saturated carbocycles. The second-order valence-corrected chi connectivity index (χ2v) is 5.37. The van der Waals surface area contributed by atoms with Crippen molar-refractivity contribution < 1.29 is 14.8 Å². The van der Waals surface area contributed by atoms with Gasteiger partial charge in [0.2, 0.25) is 0 Å². The summed E-state index contributed by atoms with van der Waals surface area (Å²) in [6.45, 7) is 5.67. The molecule has 2 atom stereocenters. The molecule has 0 amide bonds. The maximum absolute atomic E-state index is 9.26. The lowest BCUT2D eigenvalue weighted by molar-refractivity contribution is 0.0101. The van der Waals surface area contributed by atoms with Crippen molar-refractivity contribution in [3.05, 3.63) is 23.3 Å². The summed E-state index contributed by atoms with van der Waals surface area (Å²) < 4.78 is 5.50. The molecule has 2 aliphatic heterocycles. The van der Waals surface area contributed by atoms with E-state index in [1.807, 2.05) is 26.0 Å². The highest BCUT2D eigenvalue weighted by molar-refractivity contribution is 6.58. The predicted molar refractivity (Wildman–Crippen MR) is 71.2 cm³/mol. The SMILES string of the molecule is Cc1cc(B(O)O)cc(C)c1N1C2COCC1C2. The van der Waals surface area contributed by atoms with Gasteiger partial charge in [0.05, 0.1) is 25.3 Å². The molecule has 18 heavy (non-hydrogen) atoms. The summed E-state index contributed by atoms with van der Waals surface area (Å²) in [6.07, 6.45) is 1.21. The van der Waals surface area contributed by atoms with Crippen LogP contribution < -0.4 is 10.4 Å². The zero-order valence-electron chi connectivity index (χ0n) is 10.8. The topological polar surface area (TPSA) is 52.9 Å². The molecule has 0 spiro atoms. The van der Waals surface area contributed by atoms with E-state index >= 15 is 0 Å². The molecule has 2 saturated heterocycles. The zero-order valence-corrected chi connectivity index (χ0v) is 10.8. The Morgan fingerprint density at radius 1 is 1.17 bits per heavy atom. The Labute approximate surface area is 107 Å². The number of anilines is 1. The number of aryl methyl sites for hydroxylation is 2. The average molecular weight is 247 g/mol. The molecule has 96 valence electrons. The van der Waals surface area contributed by atoms with Gasteiger partial charge in [-0.2, -0.15) is 0 Å². The highest BCUT2D eigenvalue weighted by atomic mass is 16.5. The van der Waals surface area contributed by atoms with Crippen LogP contribution in [0.5, 0.6) is 0 Å². The second kappa shape index (κ2) is 4.26. The molecule has 2 unspecified atom stereocenters. The molecule has 1 aromatic rings. The number of hydrogen-bond acceptors (Lipinski definition) is 4. The maximum Gasteiger partial charge on any atom is 0.488 e. The number of rotatable bonds is 2. The van der Waals surface area contributed by atoms with E-state index in [-0.39, 0.29) is 0 Å². The third-order valence-electron chi connectivity index (χ3n) is 4.02. The quantitative estimate of drug-likeness (QED) is 0.720. The van der Waals surface area contributed by atoms with Crippen molar-refractivity contribution in [3.63, 3.8) is 0 Å². The van der Waals surface area contributed by atoms with Gasteiger partial charge in [0.15, 0.2) is 0 Å². The summed E-state index contributed by atoms with van der Waals surface area (Å²) in [5, 5.41) is 18.5. The molecule has 2 bridgehead atoms. The standard InChI is InChI=1S/C13H18BNO3/c1-8-3-10(14(16)17)4-9(2)13(8)15-11-5-12(15)7-18-6-11/h3-4,11-12,16-17H,5-7H2,1-2H3. The van der Waals surface area contributed by atoms with Crippen LogP contribution in [0.1, 0.15) is 17.5 Å². The number of hydrogen-bond donors (Lipinski definition) is 2. The average Bonchev–Trinajstić information content (AvgIpc) is 2.33. The second-order valence-electron chi connectivity index (χ2n) is 5.37. The first-order valence-corrected chi connectivity index (χ1v) is 6.41. The highest BCUT2D eigenvalue weighted by Gasteiger charge is 2.43. The van der Waals surface area contributed by atoms with Crippen LogP contribution in [0.3, 0.4) is 0 Å². The normalized spacial score (nSPS) is 25.9. The lowest BCUT2D eigenvalue weighted by atomic mass is 9.77. The Morgan fingerprint density at radius 3 is 2.17 bits per heavy atom. The number of ether oxygens (including phenoxy) is 1. The Morgan fingerprint density at radius 2 is 1.72 bits per heavy atom. The van der Waals surface area contributed by atoms with Crippen molar-refractivity contribution in [3.8, 4) is 0 Å². The fourth-order valence-electron chi connectivity index (χ4n) is 3.25. The van der Waals surface area contributed by atoms with Crippen molar-refractivity contribution in [1.82, 2.24) is 0 Å². The Balaban J connectivity index is 1.97. The molecule has 2 N–H and O–H groups in total. The first kappa shape index (κ1) is 12.0. The number of morpholine rings is 1. The predicted octanol–water partition coefficient (Wildman–Crippen LogP) is -0.0393. The Bertz CT molecular complexity index is 440. The molecule has 2 heterocycles. The van der Waals surface area contributed by atoms with Crippen LogP contribution in [0.2, 0.25) is 0 Å². The molecule has 2 fully saturated rings. The molecule has 3 rings (SSSR count). The van der Waals surface area contributed by atoms with Crippen LogP contribution in [0.25, 0.3) is 0 Å². The van der Waals surface area contributed by atoms with Crippen LogP contribution in [0.4, 0.5) is 5.69 Å². The molecule has 2 aliphatic rings. The fourth-order valence-corrected chi connectivity index (χ4v) is 3.25. The van der Waals surface area contributed by atoms with E-state index in [4.69, 9.17) is 4.74 Å². The van der Waals surface area contributed by atoms with Gasteiger partial charge in [0.1, 0.15) is 0 Å². The van der Waals surface area contributed by atoms with Gasteiger partial charge in [0, 0.05) is 5.69 Å². The highest BCUT2D eigenvalue weighted by Crippen LogP contribution is 2.39. The molecule has 0 aliphatic carbocycles. The van der Waals surface area contributed by atoms with E-state index in [0.29, 0.717) is 17.5 Å². The summed E-state index contributed by atoms with van der Waals surface area (Å²) in [5.74, 6) is 0. The molecule has 0 aromatic heterocycles. The van der Waals surface area contributed by atoms with Gasteiger partial charge in [-0.15, -0.1) is 0 Å². The van der Waals surface area contributed by atoms with Crippen molar-refractivity contribution in [2.45, 2.75) is 32.4 Å². The molecular formula is C13H18BNO3. The Hall–Kier alpha value is -1.04. The number of benzene rings is 1. The molecule has 0 radical (unpaired) electrons. The lowest BCUT2D eigenvalue weighted by Gasteiger charge is -2.54. The van der Waals surface area contributed by atoms with Gasteiger partial charge in [-0.1, -0.05) is 12.1 Å². The van der Waals surface area contributed by atoms with E-state index in [0.717, 1.165) is 24.3 Å². The first-order valence-electron chi connectivity index (χ1n) is 6.41. The van der Waals surface area contributed by atoms with Crippen molar-refractivity contribution in [2.24, 2.45) is 0 Å². The largest absolute Gasteiger partial charge is 0.488 e. The van der Waals surface area contributed by atoms with E-state index in [1.165, 1.54) is 12.1 Å². The minimum Gasteiger partial charge on any atom is -0.423 e. The van der Waals surface area contributed by atoms with Crippen molar-refractivity contribution in [1.29, 1.82) is 0 Å². The number of nitrogens with zero attached hydrogens (tertiary/aromatic N) is 1. The Kier molecular flexibility index (Phi) is 2.85. The van der Waals surface area contributed by atoms with Crippen molar-refractivity contribution >= 4 is 18.3 Å². The minimum atomic E-state index is -1.39. The van der Waals surface area contributed by atoms with Crippen LogP contribution in [-0.4, -0.2) is 42.5 Å². The van der Waals surface area contributed by atoms with Crippen molar-refractivity contribution in [2.75, 3.05) is 18.1 Å². The summed E-state index contributed by atoms with van der Waals surface area (Å²) in [6, 6.07) is 4.71. The van der Waals surface area contributed by atoms with E-state index in [2.05, 4.69) is 4.90 Å². The summed E-state index contributed by atoms with van der Waals surface area (Å²) in [4.78, 5) is 2.43. The van der Waals surface area contributed by atoms with Gasteiger partial charge in [-0.3, -0.25) is 0 Å². The maximum atomic E-state index is 9.26. The zero-order chi connectivity index (χ0) is 12.9. The monoisotopic (exact) mass is 247 g/mol. The van der Waals surface area contributed by atoms with Crippen LogP contribution in [-0.2, 0) is 4.74 Å². The van der Waals surface area contributed by atoms with Gasteiger partial charge >= 0.3 is 7.12 Å². The van der Waals surface area contributed by atoms with E-state index < -0.39 is 7.12 Å². The van der Waals surface area contributed by atoms with Gasteiger partial charge in [-0.05, 0) is 36.9 Å². The molecule has 5 heteroatoms. The van der Waals surface area contributed by atoms with Gasteiger partial charge in [-0.25, -0.2) is 0 Å². The van der Waals surface area contributed by atoms with E-state index in [1.54, 1.807) is 0 Å². The smallest absolute Gasteiger partial charge is 0.423 e. The third-order valence-corrected chi connectivity index (χ3v) is 4.02. The van der Waals surface area contributed by atoms with Crippen LogP contribution in [0.15, 0.2) is 12.1 Å². The molecular weight excluding hydrogens is 229 g/mol. The lowest BCUT2D eigenvalue weighted by Crippen LogP contribution is -2.64. The molecule has 1 aromatic carbocycles. The fraction of sp³-hybridized carbons (Fsp3) is 0.538. The number of fused-ring (bicyclic) bond motifs is 2. The third kappa shape index (κ3) is 1.74. The summed E-state index contributed by atoms with van der Waals surface area (Å²) in [5.41, 5.74) is 4.02. The minimum absolute atomic E-state index is 0.492. The van der Waals surface area contributed by atoms with Gasteiger partial charge < -0.3 is 19.7 Å². The first-order chi connectivity index (χ1) is 8.58. The summed E-state index contributed by atoms with van der Waals surface area (Å²) in [7, 11) is -1.39. The van der Waals surface area contributed by atoms with E-state index in [9.17, 15) is 10.0 Å². The summed E-state index contributed by atoms with van der Waals surface area (Å²) >= 11 is 0. The van der Waals surface area contributed by atoms with Gasteiger partial charge in [0.25, 0.3) is 0 Å². The molecule has 4 nitrogen and oxygen atoms in total. The van der Waals surface area contributed by atoms with Crippen LogP contribution in [0, 0.1) is 13.8 Å².